The van der Waals surface area contributed by atoms with E-state index in [1.165, 1.54) is 25.7 Å². The maximum Gasteiger partial charge on any atom is 0.337 e. The van der Waals surface area contributed by atoms with E-state index < -0.39 is 5.97 Å². The highest BCUT2D eigenvalue weighted by Crippen LogP contribution is 2.30. The van der Waals surface area contributed by atoms with Crippen LogP contribution < -0.4 is 11.1 Å². The van der Waals surface area contributed by atoms with Crippen molar-refractivity contribution < 1.29 is 9.90 Å². The Morgan fingerprint density at radius 2 is 2.10 bits per heavy atom. The Morgan fingerprint density at radius 3 is 2.75 bits per heavy atom. The highest BCUT2D eigenvalue weighted by Gasteiger charge is 2.21. The van der Waals surface area contributed by atoms with Crippen LogP contribution >= 0.6 is 0 Å². The minimum absolute atomic E-state index is 0.184. The number of carbonyl (C=O) groups is 1. The third-order valence-electron chi connectivity index (χ3n) is 4.47. The summed E-state index contributed by atoms with van der Waals surface area (Å²) in [5, 5.41) is 12.6. The summed E-state index contributed by atoms with van der Waals surface area (Å²) in [5.41, 5.74) is 8.01. The predicted molar refractivity (Wildman–Crippen MR) is 82.2 cm³/mol. The highest BCUT2D eigenvalue weighted by molar-refractivity contribution is 5.95. The van der Waals surface area contributed by atoms with E-state index in [1.54, 1.807) is 6.07 Å². The number of nitrogen functional groups attached to an aromatic ring is 1. The Labute approximate surface area is 120 Å². The van der Waals surface area contributed by atoms with Crippen LogP contribution in [0, 0.1) is 18.8 Å². The Kier molecular flexibility index (Phi) is 4.53. The molecule has 1 aliphatic rings. The molecule has 1 aliphatic carbocycles. The van der Waals surface area contributed by atoms with Gasteiger partial charge in [-0.15, -0.1) is 0 Å². The molecule has 0 saturated heterocycles. The van der Waals surface area contributed by atoms with Gasteiger partial charge < -0.3 is 16.2 Å². The number of carboxylic acids is 1. The van der Waals surface area contributed by atoms with E-state index in [1.807, 2.05) is 13.0 Å². The molecule has 20 heavy (non-hydrogen) atoms. The fourth-order valence-electron chi connectivity index (χ4n) is 3.02. The summed E-state index contributed by atoms with van der Waals surface area (Å²) in [6, 6.07) is 3.56. The van der Waals surface area contributed by atoms with Gasteiger partial charge in [-0.2, -0.15) is 0 Å². The van der Waals surface area contributed by atoms with Crippen LogP contribution in [0.3, 0.4) is 0 Å². The molecule has 4 N–H and O–H groups in total. The molecule has 110 valence electrons. The first kappa shape index (κ1) is 14.7. The zero-order chi connectivity index (χ0) is 14.7. The molecule has 2 atom stereocenters. The second-order valence-corrected chi connectivity index (χ2v) is 5.96. The van der Waals surface area contributed by atoms with Crippen LogP contribution in [0.4, 0.5) is 11.4 Å². The van der Waals surface area contributed by atoms with Crippen LogP contribution in [0.2, 0.25) is 0 Å². The lowest BCUT2D eigenvalue weighted by atomic mass is 9.80. The van der Waals surface area contributed by atoms with E-state index in [9.17, 15) is 4.79 Å². The molecule has 0 radical (unpaired) electrons. The van der Waals surface area contributed by atoms with Crippen molar-refractivity contribution in [3.05, 3.63) is 23.3 Å². The lowest BCUT2D eigenvalue weighted by Gasteiger charge is -2.29. The summed E-state index contributed by atoms with van der Waals surface area (Å²) in [6.07, 6.45) is 5.20. The number of aryl methyl sites for hydroxylation is 1. The zero-order valence-corrected chi connectivity index (χ0v) is 12.3. The van der Waals surface area contributed by atoms with Gasteiger partial charge in [-0.1, -0.05) is 26.2 Å². The zero-order valence-electron chi connectivity index (χ0n) is 12.3. The third kappa shape index (κ3) is 3.24. The average molecular weight is 276 g/mol. The maximum absolute atomic E-state index is 11.2. The lowest BCUT2D eigenvalue weighted by Crippen LogP contribution is -2.24. The number of hydrogen-bond donors (Lipinski definition) is 3. The quantitative estimate of drug-likeness (QED) is 0.736. The molecule has 4 heteroatoms. The molecular formula is C16H24N2O2. The Morgan fingerprint density at radius 1 is 1.40 bits per heavy atom. The van der Waals surface area contributed by atoms with Gasteiger partial charge in [-0.25, -0.2) is 4.79 Å². The summed E-state index contributed by atoms with van der Waals surface area (Å²) in [7, 11) is 0. The predicted octanol–water partition coefficient (Wildman–Crippen LogP) is 3.51. The smallest absolute Gasteiger partial charge is 0.337 e. The summed E-state index contributed by atoms with van der Waals surface area (Å²) in [4.78, 5) is 11.2. The lowest BCUT2D eigenvalue weighted by molar-refractivity contribution is 0.0698. The number of nitrogens with two attached hydrogens (primary N) is 1. The Hall–Kier alpha value is -1.71. The van der Waals surface area contributed by atoms with Crippen molar-refractivity contribution in [2.24, 2.45) is 11.8 Å². The summed E-state index contributed by atoms with van der Waals surface area (Å²) in [5.74, 6) is 0.445. The van der Waals surface area contributed by atoms with E-state index in [-0.39, 0.29) is 5.56 Å². The molecule has 4 nitrogen and oxygen atoms in total. The van der Waals surface area contributed by atoms with E-state index in [0.29, 0.717) is 11.6 Å². The van der Waals surface area contributed by atoms with E-state index in [4.69, 9.17) is 10.8 Å². The van der Waals surface area contributed by atoms with Gasteiger partial charge in [0.15, 0.2) is 0 Å². The van der Waals surface area contributed by atoms with Crippen LogP contribution in [-0.2, 0) is 0 Å². The van der Waals surface area contributed by atoms with Crippen molar-refractivity contribution in [3.8, 4) is 0 Å². The number of anilines is 2. The minimum atomic E-state index is -0.972. The van der Waals surface area contributed by atoms with Crippen LogP contribution in [0.15, 0.2) is 12.1 Å². The largest absolute Gasteiger partial charge is 0.478 e. The molecule has 0 aromatic heterocycles. The molecule has 2 rings (SSSR count). The molecule has 1 fully saturated rings. The third-order valence-corrected chi connectivity index (χ3v) is 4.47. The molecule has 1 saturated carbocycles. The van der Waals surface area contributed by atoms with Crippen molar-refractivity contribution in [1.82, 2.24) is 0 Å². The number of hydrogen-bond acceptors (Lipinski definition) is 3. The van der Waals surface area contributed by atoms with Crippen molar-refractivity contribution in [1.29, 1.82) is 0 Å². The highest BCUT2D eigenvalue weighted by atomic mass is 16.4. The molecule has 0 amide bonds. The molecule has 2 unspecified atom stereocenters. The van der Waals surface area contributed by atoms with Gasteiger partial charge >= 0.3 is 5.97 Å². The topological polar surface area (TPSA) is 75.3 Å². The Balaban J connectivity index is 2.07. The first-order chi connectivity index (χ1) is 9.49. The maximum atomic E-state index is 11.2. The second kappa shape index (κ2) is 6.16. The fourth-order valence-corrected chi connectivity index (χ4v) is 3.02. The van der Waals surface area contributed by atoms with Crippen LogP contribution in [0.1, 0.15) is 48.5 Å². The second-order valence-electron chi connectivity index (χ2n) is 5.96. The normalized spacial score (nSPS) is 22.5. The Bertz CT molecular complexity index is 499. The molecule has 1 aromatic rings. The molecule has 0 heterocycles. The van der Waals surface area contributed by atoms with E-state index in [2.05, 4.69) is 12.2 Å². The van der Waals surface area contributed by atoms with Gasteiger partial charge in [0.1, 0.15) is 0 Å². The van der Waals surface area contributed by atoms with E-state index >= 15 is 0 Å². The summed E-state index contributed by atoms with van der Waals surface area (Å²) < 4.78 is 0. The fraction of sp³-hybridized carbons (Fsp3) is 0.562. The standard InChI is InChI=1S/C16H24N2O2/c1-10-5-3-4-6-12(10)9-18-13-7-11(2)15(17)14(8-13)16(19)20/h7-8,10,12,18H,3-6,9,17H2,1-2H3,(H,19,20). The van der Waals surface area contributed by atoms with Crippen molar-refractivity contribution in [2.75, 3.05) is 17.6 Å². The monoisotopic (exact) mass is 276 g/mol. The van der Waals surface area contributed by atoms with Gasteiger partial charge in [0.2, 0.25) is 0 Å². The number of aromatic carboxylic acids is 1. The van der Waals surface area contributed by atoms with Crippen molar-refractivity contribution in [3.63, 3.8) is 0 Å². The number of rotatable bonds is 4. The van der Waals surface area contributed by atoms with E-state index in [0.717, 1.165) is 23.7 Å². The first-order valence-electron chi connectivity index (χ1n) is 7.36. The van der Waals surface area contributed by atoms with Gasteiger partial charge in [0.25, 0.3) is 0 Å². The molecule has 0 spiro atoms. The SMILES string of the molecule is Cc1cc(NCC2CCCCC2C)cc(C(=O)O)c1N. The van der Waals surface area contributed by atoms with Gasteiger partial charge in [0.05, 0.1) is 5.56 Å². The number of benzene rings is 1. The number of nitrogens with one attached hydrogen (secondary N) is 1. The first-order valence-corrected chi connectivity index (χ1v) is 7.36. The minimum Gasteiger partial charge on any atom is -0.478 e. The number of carboxylic acid groups (broad SMARTS) is 1. The molecule has 0 aliphatic heterocycles. The summed E-state index contributed by atoms with van der Waals surface area (Å²) in [6.45, 7) is 5.06. The average Bonchev–Trinajstić information content (AvgIpc) is 2.41. The van der Waals surface area contributed by atoms with Crippen LogP contribution in [-0.4, -0.2) is 17.6 Å². The van der Waals surface area contributed by atoms with Crippen LogP contribution in [0.25, 0.3) is 0 Å². The van der Waals surface area contributed by atoms with Gasteiger partial charge in [0, 0.05) is 17.9 Å². The van der Waals surface area contributed by atoms with Crippen molar-refractivity contribution >= 4 is 17.3 Å². The van der Waals surface area contributed by atoms with Gasteiger partial charge in [-0.05, 0) is 42.9 Å². The van der Waals surface area contributed by atoms with Gasteiger partial charge in [-0.3, -0.25) is 0 Å². The molecule has 0 bridgehead atoms. The summed E-state index contributed by atoms with van der Waals surface area (Å²) >= 11 is 0. The van der Waals surface area contributed by atoms with Crippen molar-refractivity contribution in [2.45, 2.75) is 39.5 Å². The molecular weight excluding hydrogens is 252 g/mol. The molecule has 1 aromatic carbocycles. The van der Waals surface area contributed by atoms with Crippen LogP contribution in [0.5, 0.6) is 0 Å².